The molecule has 2 aromatic rings. The van der Waals surface area contributed by atoms with Crippen LogP contribution >= 0.6 is 23.2 Å². The van der Waals surface area contributed by atoms with Crippen LogP contribution in [-0.4, -0.2) is 23.2 Å². The van der Waals surface area contributed by atoms with E-state index in [2.05, 4.69) is 15.5 Å². The number of carbonyl (C=O) groups excluding carboxylic acids is 1. The molecule has 0 atom stereocenters. The molecule has 1 amide bonds. The number of hydrogen-bond donors (Lipinski definition) is 2. The third-order valence-electron chi connectivity index (χ3n) is 2.64. The largest absolute Gasteiger partial charge is 0.495 e. The highest BCUT2D eigenvalue weighted by atomic mass is 35.5. The third-order valence-corrected chi connectivity index (χ3v) is 3.14. The van der Waals surface area contributed by atoms with E-state index < -0.39 is 5.91 Å². The lowest BCUT2D eigenvalue weighted by atomic mass is 10.2. The fourth-order valence-corrected chi connectivity index (χ4v) is 2.32. The number of amides is 1. The van der Waals surface area contributed by atoms with E-state index in [1.165, 1.54) is 19.2 Å². The molecule has 0 aliphatic rings. The lowest BCUT2D eigenvalue weighted by molar-refractivity contribution is 0.0944. The van der Waals surface area contributed by atoms with Crippen molar-refractivity contribution in [3.05, 3.63) is 55.9 Å². The summed E-state index contributed by atoms with van der Waals surface area (Å²) in [5, 5.41) is 9.26. The molecule has 0 fully saturated rings. The Bertz CT molecular complexity index is 711. The standard InChI is InChI=1S/C13H11Cl2N3O3/c1-21-12-7(4-8(14)5-9(12)15)6-16-13(20)10-2-3-11(19)18-17-10/h2-5H,6H2,1H3,(H,16,20)(H,18,19). The van der Waals surface area contributed by atoms with Gasteiger partial charge in [0.2, 0.25) is 0 Å². The number of hydrogen-bond acceptors (Lipinski definition) is 4. The Kier molecular flexibility index (Phi) is 4.82. The quantitative estimate of drug-likeness (QED) is 0.899. The summed E-state index contributed by atoms with van der Waals surface area (Å²) in [6, 6.07) is 5.75. The van der Waals surface area contributed by atoms with Crippen molar-refractivity contribution < 1.29 is 9.53 Å². The molecular weight excluding hydrogens is 317 g/mol. The average Bonchev–Trinajstić information content (AvgIpc) is 2.45. The highest BCUT2D eigenvalue weighted by molar-refractivity contribution is 6.35. The molecule has 1 aromatic heterocycles. The molecule has 1 heterocycles. The van der Waals surface area contributed by atoms with E-state index in [0.29, 0.717) is 21.4 Å². The topological polar surface area (TPSA) is 84.1 Å². The number of nitrogens with zero attached hydrogens (tertiary/aromatic N) is 1. The molecule has 0 aliphatic carbocycles. The number of rotatable bonds is 4. The van der Waals surface area contributed by atoms with Crippen LogP contribution in [0.4, 0.5) is 0 Å². The fourth-order valence-electron chi connectivity index (χ4n) is 1.71. The summed E-state index contributed by atoms with van der Waals surface area (Å²) in [5.74, 6) is 0.000181. The molecule has 0 saturated heterocycles. The predicted octanol–water partition coefficient (Wildman–Crippen LogP) is 2.02. The number of aromatic nitrogens is 2. The Morgan fingerprint density at radius 1 is 1.38 bits per heavy atom. The summed E-state index contributed by atoms with van der Waals surface area (Å²) in [6.07, 6.45) is 0. The van der Waals surface area contributed by atoms with Gasteiger partial charge in [-0.05, 0) is 18.2 Å². The second kappa shape index (κ2) is 6.60. The maximum Gasteiger partial charge on any atom is 0.271 e. The van der Waals surface area contributed by atoms with Gasteiger partial charge in [-0.15, -0.1) is 0 Å². The van der Waals surface area contributed by atoms with Crippen molar-refractivity contribution in [2.75, 3.05) is 7.11 Å². The SMILES string of the molecule is COc1c(Cl)cc(Cl)cc1CNC(=O)c1ccc(=O)[nH]n1. The number of carbonyl (C=O) groups is 1. The summed E-state index contributed by atoms with van der Waals surface area (Å²) < 4.78 is 5.18. The molecular formula is C13H11Cl2N3O3. The second-order valence-corrected chi connectivity index (χ2v) is 4.91. The van der Waals surface area contributed by atoms with E-state index >= 15 is 0 Å². The molecule has 1 aromatic carbocycles. The molecule has 0 unspecified atom stereocenters. The van der Waals surface area contributed by atoms with Crippen LogP contribution in [0.2, 0.25) is 10.0 Å². The number of benzene rings is 1. The Balaban J connectivity index is 2.14. The first-order chi connectivity index (χ1) is 10.0. The molecule has 0 aliphatic heterocycles. The molecule has 0 spiro atoms. The highest BCUT2D eigenvalue weighted by Gasteiger charge is 2.12. The van der Waals surface area contributed by atoms with Gasteiger partial charge in [-0.2, -0.15) is 5.10 Å². The minimum atomic E-state index is -0.440. The van der Waals surface area contributed by atoms with E-state index in [1.54, 1.807) is 12.1 Å². The summed E-state index contributed by atoms with van der Waals surface area (Å²) in [7, 11) is 1.48. The Morgan fingerprint density at radius 2 is 2.14 bits per heavy atom. The molecule has 2 rings (SSSR count). The summed E-state index contributed by atoms with van der Waals surface area (Å²) in [4.78, 5) is 22.8. The monoisotopic (exact) mass is 327 g/mol. The van der Waals surface area contributed by atoms with Crippen molar-refractivity contribution in [2.45, 2.75) is 6.54 Å². The van der Waals surface area contributed by atoms with Crippen molar-refractivity contribution >= 4 is 29.1 Å². The van der Waals surface area contributed by atoms with Crippen LogP contribution < -0.4 is 15.6 Å². The predicted molar refractivity (Wildman–Crippen MR) is 79.0 cm³/mol. The number of halogens is 2. The number of H-pyrrole nitrogens is 1. The van der Waals surface area contributed by atoms with Crippen molar-refractivity contribution in [3.63, 3.8) is 0 Å². The first-order valence-corrected chi connectivity index (χ1v) is 6.62. The highest BCUT2D eigenvalue weighted by Crippen LogP contribution is 2.32. The van der Waals surface area contributed by atoms with Gasteiger partial charge in [0.25, 0.3) is 11.5 Å². The lowest BCUT2D eigenvalue weighted by Crippen LogP contribution is -2.25. The molecule has 2 N–H and O–H groups in total. The first-order valence-electron chi connectivity index (χ1n) is 5.87. The van der Waals surface area contributed by atoms with Gasteiger partial charge in [0.15, 0.2) is 0 Å². The third kappa shape index (κ3) is 3.74. The summed E-state index contributed by atoms with van der Waals surface area (Å²) >= 11 is 11.9. The molecule has 6 nitrogen and oxygen atoms in total. The smallest absolute Gasteiger partial charge is 0.271 e. The van der Waals surface area contributed by atoms with Crippen molar-refractivity contribution in [3.8, 4) is 5.75 Å². The molecule has 0 saturated carbocycles. The van der Waals surface area contributed by atoms with Gasteiger partial charge in [0, 0.05) is 23.2 Å². The van der Waals surface area contributed by atoms with Crippen LogP contribution in [0.15, 0.2) is 29.1 Å². The van der Waals surface area contributed by atoms with Gasteiger partial charge >= 0.3 is 0 Å². The Hall–Kier alpha value is -2.05. The normalized spacial score (nSPS) is 10.2. The Morgan fingerprint density at radius 3 is 2.76 bits per heavy atom. The first kappa shape index (κ1) is 15.3. The van der Waals surface area contributed by atoms with Gasteiger partial charge in [-0.3, -0.25) is 9.59 Å². The number of nitrogens with one attached hydrogen (secondary N) is 2. The van der Waals surface area contributed by atoms with E-state index in [0.717, 1.165) is 0 Å². The number of ether oxygens (including phenoxy) is 1. The number of aromatic amines is 1. The van der Waals surface area contributed by atoms with Crippen LogP contribution in [0.1, 0.15) is 16.1 Å². The van der Waals surface area contributed by atoms with E-state index in [1.807, 2.05) is 0 Å². The van der Waals surface area contributed by atoms with Gasteiger partial charge in [0.1, 0.15) is 11.4 Å². The van der Waals surface area contributed by atoms with Gasteiger partial charge < -0.3 is 10.1 Å². The fraction of sp³-hybridized carbons (Fsp3) is 0.154. The van der Waals surface area contributed by atoms with Crippen LogP contribution in [0.25, 0.3) is 0 Å². The zero-order valence-corrected chi connectivity index (χ0v) is 12.5. The van der Waals surface area contributed by atoms with E-state index in [9.17, 15) is 9.59 Å². The average molecular weight is 328 g/mol. The maximum atomic E-state index is 11.9. The second-order valence-electron chi connectivity index (χ2n) is 4.07. The zero-order chi connectivity index (χ0) is 15.4. The summed E-state index contributed by atoms with van der Waals surface area (Å²) in [5.41, 5.74) is 0.351. The minimum absolute atomic E-state index is 0.0988. The Labute approximate surface area is 130 Å². The van der Waals surface area contributed by atoms with E-state index in [-0.39, 0.29) is 17.8 Å². The maximum absolute atomic E-state index is 11.9. The molecule has 0 bridgehead atoms. The van der Waals surface area contributed by atoms with Crippen LogP contribution in [0, 0.1) is 0 Å². The van der Waals surface area contributed by atoms with Gasteiger partial charge in [-0.1, -0.05) is 23.2 Å². The van der Waals surface area contributed by atoms with Gasteiger partial charge in [0.05, 0.1) is 12.1 Å². The molecule has 8 heteroatoms. The van der Waals surface area contributed by atoms with Gasteiger partial charge in [-0.25, -0.2) is 5.10 Å². The summed E-state index contributed by atoms with van der Waals surface area (Å²) in [6.45, 7) is 0.156. The van der Waals surface area contributed by atoms with Crippen LogP contribution in [0.3, 0.4) is 0 Å². The lowest BCUT2D eigenvalue weighted by Gasteiger charge is -2.11. The van der Waals surface area contributed by atoms with E-state index in [4.69, 9.17) is 27.9 Å². The number of methoxy groups -OCH3 is 1. The van der Waals surface area contributed by atoms with Crippen molar-refractivity contribution in [1.29, 1.82) is 0 Å². The molecule has 21 heavy (non-hydrogen) atoms. The molecule has 110 valence electrons. The molecule has 0 radical (unpaired) electrons. The zero-order valence-electron chi connectivity index (χ0n) is 10.9. The van der Waals surface area contributed by atoms with Crippen molar-refractivity contribution in [2.24, 2.45) is 0 Å². The van der Waals surface area contributed by atoms with Crippen LogP contribution in [0.5, 0.6) is 5.75 Å². The van der Waals surface area contributed by atoms with Crippen molar-refractivity contribution in [1.82, 2.24) is 15.5 Å². The van der Waals surface area contributed by atoms with Crippen LogP contribution in [-0.2, 0) is 6.54 Å². The minimum Gasteiger partial charge on any atom is -0.495 e.